The summed E-state index contributed by atoms with van der Waals surface area (Å²) in [5, 5.41) is 0. The van der Waals surface area contributed by atoms with Crippen molar-refractivity contribution in [3.8, 4) is 0 Å². The Balaban J connectivity index is 0. The molecule has 0 N–H and O–H groups in total. The van der Waals surface area contributed by atoms with E-state index in [2.05, 4.69) is 0 Å². The highest BCUT2D eigenvalue weighted by atomic mass is 35.8. The Morgan fingerprint density at radius 2 is 0.769 bits per heavy atom. The van der Waals surface area contributed by atoms with Crippen LogP contribution in [0, 0.1) is 0 Å². The molecule has 0 aromatic carbocycles. The van der Waals surface area contributed by atoms with Crippen molar-refractivity contribution in [2.24, 2.45) is 0 Å². The van der Waals surface area contributed by atoms with Crippen molar-refractivity contribution in [2.75, 3.05) is 42.7 Å². The molecular weight excluding hydrogens is 518 g/mol. The zero-order valence-electron chi connectivity index (χ0n) is 16.2. The van der Waals surface area contributed by atoms with Crippen molar-refractivity contribution in [3.05, 3.63) is 0 Å². The van der Waals surface area contributed by atoms with Crippen molar-refractivity contribution in [1.82, 2.24) is 0 Å². The highest BCUT2D eigenvalue weighted by Gasteiger charge is 2.46. The summed E-state index contributed by atoms with van der Waals surface area (Å²) < 4.78 is 31.9. The quantitative estimate of drug-likeness (QED) is 0.255. The number of hydrogen-bond donors (Lipinski definition) is 0. The molecule has 0 saturated heterocycles. The first-order valence-corrected chi connectivity index (χ1v) is 21.4. The minimum Gasteiger partial charge on any atom is -0.377 e. The van der Waals surface area contributed by atoms with Gasteiger partial charge in [-0.3, -0.25) is 0 Å². The lowest BCUT2D eigenvalue weighted by Crippen LogP contribution is -2.48. The van der Waals surface area contributed by atoms with E-state index in [0.717, 1.165) is 0 Å². The molecule has 0 radical (unpaired) electrons. The monoisotopic (exact) mass is 544 g/mol. The minimum absolute atomic E-state index is 0.563. The van der Waals surface area contributed by atoms with E-state index < -0.39 is 30.3 Å². The Hall–Kier alpha value is 2.08. The Kier molecular flexibility index (Phi) is 16.5. The molecule has 0 rings (SSSR count). The fourth-order valence-electron chi connectivity index (χ4n) is 1.78. The third-order valence-corrected chi connectivity index (χ3v) is 14.7. The van der Waals surface area contributed by atoms with Crippen molar-refractivity contribution in [2.45, 2.75) is 30.7 Å². The molecule has 0 aromatic rings. The van der Waals surface area contributed by atoms with Gasteiger partial charge in [-0.05, 0) is 18.6 Å². The zero-order valence-corrected chi connectivity index (χ0v) is 23.9. The Labute approximate surface area is 184 Å². The predicted molar refractivity (Wildman–Crippen MR) is 119 cm³/mol. The lowest BCUT2D eigenvalue weighted by molar-refractivity contribution is 0.109. The fourth-order valence-corrected chi connectivity index (χ4v) is 13.6. The van der Waals surface area contributed by atoms with Crippen LogP contribution in [-0.2, 0) is 26.6 Å². The van der Waals surface area contributed by atoms with Gasteiger partial charge in [-0.2, -0.15) is 0 Å². The Morgan fingerprint density at radius 1 is 0.500 bits per heavy atom. The second-order valence-corrected chi connectivity index (χ2v) is 29.0. The maximum atomic E-state index is 5.79. The van der Waals surface area contributed by atoms with Gasteiger partial charge in [0.2, 0.25) is 6.69 Å². The third-order valence-electron chi connectivity index (χ3n) is 3.45. The first kappa shape index (κ1) is 30.3. The smallest absolute Gasteiger partial charge is 0.377 e. The van der Waals surface area contributed by atoms with Gasteiger partial charge in [0, 0.05) is 54.7 Å². The van der Waals surface area contributed by atoms with Crippen LogP contribution in [0.1, 0.15) is 0 Å². The van der Waals surface area contributed by atoms with Gasteiger partial charge >= 0.3 is 23.6 Å². The van der Waals surface area contributed by atoms with Crippen LogP contribution in [0.4, 0.5) is 0 Å². The zero-order chi connectivity index (χ0) is 21.1. The van der Waals surface area contributed by atoms with Crippen LogP contribution in [0.3, 0.4) is 0 Å². The van der Waals surface area contributed by atoms with Crippen molar-refractivity contribution < 1.29 is 26.6 Å². The topological polar surface area (TPSA) is 55.4 Å². The molecule has 0 aliphatic carbocycles. The molecule has 0 fully saturated rings. The molecule has 0 bridgehead atoms. The molecule has 0 aromatic heterocycles. The summed E-state index contributed by atoms with van der Waals surface area (Å²) in [5.74, 6) is 0. The van der Waals surface area contributed by atoms with E-state index in [4.69, 9.17) is 82.0 Å². The van der Waals surface area contributed by atoms with Gasteiger partial charge in [-0.15, -0.1) is 55.4 Å². The van der Waals surface area contributed by atoms with E-state index in [1.54, 1.807) is 42.7 Å². The second kappa shape index (κ2) is 14.1. The predicted octanol–water partition coefficient (Wildman–Crippen LogP) is 4.93. The molecule has 0 atom stereocenters. The fraction of sp³-hybridized carbons (Fsp3) is 1.00. The molecule has 0 aliphatic rings. The largest absolute Gasteiger partial charge is 0.500 e. The molecule has 160 valence electrons. The molecule has 0 aliphatic heterocycles. The van der Waals surface area contributed by atoms with E-state index in [0.29, 0.717) is 24.2 Å². The van der Waals surface area contributed by atoms with Crippen molar-refractivity contribution in [3.63, 3.8) is 0 Å². The molecule has 26 heavy (non-hydrogen) atoms. The van der Waals surface area contributed by atoms with Gasteiger partial charge in [0.05, 0.1) is 0 Å². The molecule has 0 spiro atoms. The standard InChI is InChI=1S/C8H22O6Si2.C3H7Cl5Si2/c1-9-15(10-2,11-3)7-8-16(12-4,13-5)14-6;1-9(4,5)2-3-10(6,7)8/h7-8H2,1-6H3;2-3H2,1H3. The average molecular weight is 547 g/mol. The van der Waals surface area contributed by atoms with Crippen LogP contribution in [-0.4, -0.2) is 73.0 Å². The van der Waals surface area contributed by atoms with Gasteiger partial charge in [-0.1, -0.05) is 0 Å². The molecule has 0 amide bonds. The lowest BCUT2D eigenvalue weighted by Gasteiger charge is -2.29. The van der Waals surface area contributed by atoms with Crippen LogP contribution >= 0.6 is 55.4 Å². The SMILES string of the molecule is CO[Si](CC[Si](OC)(OC)OC)(OC)OC.C[Si](Cl)(Cl)CC[Si](Cl)(Cl)Cl. The van der Waals surface area contributed by atoms with Crippen LogP contribution in [0.25, 0.3) is 0 Å². The molecular formula is C11H29Cl5O6Si4. The summed E-state index contributed by atoms with van der Waals surface area (Å²) in [6.07, 6.45) is 0. The molecule has 15 heteroatoms. The second-order valence-electron chi connectivity index (χ2n) is 5.28. The summed E-state index contributed by atoms with van der Waals surface area (Å²) in [4.78, 5) is 0. The highest BCUT2D eigenvalue weighted by molar-refractivity contribution is 7.65. The van der Waals surface area contributed by atoms with E-state index >= 15 is 0 Å². The first-order valence-electron chi connectivity index (χ1n) is 7.53. The molecule has 0 unspecified atom stereocenters. The van der Waals surface area contributed by atoms with Crippen LogP contribution in [0.5, 0.6) is 0 Å². The Bertz CT molecular complexity index is 313. The number of halogens is 5. The van der Waals surface area contributed by atoms with Crippen LogP contribution < -0.4 is 0 Å². The first-order chi connectivity index (χ1) is 11.8. The van der Waals surface area contributed by atoms with Crippen LogP contribution in [0.15, 0.2) is 0 Å². The molecule has 0 heterocycles. The number of rotatable bonds is 12. The van der Waals surface area contributed by atoms with Gasteiger partial charge in [-0.25, -0.2) is 0 Å². The summed E-state index contributed by atoms with van der Waals surface area (Å²) in [6.45, 7) is -0.221. The summed E-state index contributed by atoms with van der Waals surface area (Å²) in [6, 6.07) is -0.0652. The minimum atomic E-state index is -2.58. The highest BCUT2D eigenvalue weighted by Crippen LogP contribution is 2.32. The average Bonchev–Trinajstić information content (AvgIpc) is 2.58. The van der Waals surface area contributed by atoms with E-state index in [-0.39, 0.29) is 0 Å². The summed E-state index contributed by atoms with van der Waals surface area (Å²) in [5.41, 5.74) is 0. The van der Waals surface area contributed by atoms with Crippen molar-refractivity contribution >= 4 is 85.7 Å². The van der Waals surface area contributed by atoms with E-state index in [1.165, 1.54) is 0 Å². The van der Waals surface area contributed by atoms with Gasteiger partial charge in [0.25, 0.3) is 0 Å². The van der Waals surface area contributed by atoms with Crippen molar-refractivity contribution in [1.29, 1.82) is 0 Å². The third kappa shape index (κ3) is 14.1. The maximum Gasteiger partial charge on any atom is 0.500 e. The van der Waals surface area contributed by atoms with E-state index in [1.807, 2.05) is 6.55 Å². The number of hydrogen-bond acceptors (Lipinski definition) is 6. The maximum absolute atomic E-state index is 5.79. The normalized spacial score (nSPS) is 13.4. The Morgan fingerprint density at radius 3 is 0.885 bits per heavy atom. The molecule has 0 saturated carbocycles. The molecule has 6 nitrogen and oxygen atoms in total. The van der Waals surface area contributed by atoms with Gasteiger partial charge < -0.3 is 26.6 Å². The summed E-state index contributed by atoms with van der Waals surface area (Å²) in [7, 11) is 4.31. The van der Waals surface area contributed by atoms with E-state index in [9.17, 15) is 0 Å². The summed E-state index contributed by atoms with van der Waals surface area (Å²) >= 11 is 28.4. The lowest BCUT2D eigenvalue weighted by atomic mass is 11.0. The van der Waals surface area contributed by atoms with Gasteiger partial charge in [0.15, 0.2) is 0 Å². The van der Waals surface area contributed by atoms with Crippen LogP contribution in [0.2, 0.25) is 30.7 Å². The van der Waals surface area contributed by atoms with Gasteiger partial charge in [0.1, 0.15) is 0 Å².